The van der Waals surface area contributed by atoms with Crippen LogP contribution in [0.4, 0.5) is 5.13 Å². The lowest BCUT2D eigenvalue weighted by Gasteiger charge is -2.52. The number of fused-ring (bicyclic) bond motifs is 1. The van der Waals surface area contributed by atoms with Gasteiger partial charge in [-0.2, -0.15) is 0 Å². The summed E-state index contributed by atoms with van der Waals surface area (Å²) >= 11 is 1.73. The highest BCUT2D eigenvalue weighted by molar-refractivity contribution is 7.22. The molecule has 2 aromatic rings. The SMILES string of the molecule is CN1CC2(CCN(c3nc4ccc(C(=O)NC5CCCC5)cc4s3)CC2)C1. The number of benzene rings is 1. The number of amides is 1. The Morgan fingerprint density at radius 3 is 2.67 bits per heavy atom. The van der Waals surface area contributed by atoms with Crippen molar-refractivity contribution in [2.45, 2.75) is 44.6 Å². The predicted molar refractivity (Wildman–Crippen MR) is 111 cm³/mol. The summed E-state index contributed by atoms with van der Waals surface area (Å²) in [5.74, 6) is 0.0627. The first-order chi connectivity index (χ1) is 13.1. The topological polar surface area (TPSA) is 48.5 Å². The summed E-state index contributed by atoms with van der Waals surface area (Å²) in [5, 5.41) is 4.30. The maximum absolute atomic E-state index is 12.5. The van der Waals surface area contributed by atoms with Gasteiger partial charge < -0.3 is 15.1 Å². The summed E-state index contributed by atoms with van der Waals surface area (Å²) in [7, 11) is 2.21. The van der Waals surface area contributed by atoms with E-state index in [1.54, 1.807) is 11.3 Å². The average Bonchev–Trinajstić information content (AvgIpc) is 3.29. The van der Waals surface area contributed by atoms with Gasteiger partial charge in [-0.25, -0.2) is 4.98 Å². The van der Waals surface area contributed by atoms with Gasteiger partial charge >= 0.3 is 0 Å². The molecular formula is C21H28N4OS. The lowest BCUT2D eigenvalue weighted by Crippen LogP contribution is -2.58. The first-order valence-corrected chi connectivity index (χ1v) is 11.1. The van der Waals surface area contributed by atoms with Gasteiger partial charge in [-0.05, 0) is 56.3 Å². The van der Waals surface area contributed by atoms with Crippen LogP contribution in [0, 0.1) is 5.41 Å². The Kier molecular flexibility index (Phi) is 4.36. The molecule has 3 fully saturated rings. The number of hydrogen-bond acceptors (Lipinski definition) is 5. The maximum Gasteiger partial charge on any atom is 0.251 e. The van der Waals surface area contributed by atoms with Crippen LogP contribution >= 0.6 is 11.3 Å². The van der Waals surface area contributed by atoms with E-state index in [0.29, 0.717) is 11.5 Å². The van der Waals surface area contributed by atoms with Crippen LogP contribution in [-0.4, -0.2) is 55.1 Å². The Morgan fingerprint density at radius 2 is 1.96 bits per heavy atom. The van der Waals surface area contributed by atoms with E-state index in [-0.39, 0.29) is 5.91 Å². The second-order valence-electron chi connectivity index (χ2n) is 8.79. The van der Waals surface area contributed by atoms with Crippen molar-refractivity contribution in [1.82, 2.24) is 15.2 Å². The molecule has 3 heterocycles. The van der Waals surface area contributed by atoms with E-state index in [9.17, 15) is 4.79 Å². The van der Waals surface area contributed by atoms with Crippen molar-refractivity contribution < 1.29 is 4.79 Å². The minimum atomic E-state index is 0.0627. The van der Waals surface area contributed by atoms with Gasteiger partial charge in [0.1, 0.15) is 0 Å². The molecule has 0 bridgehead atoms. The normalized spacial score (nSPS) is 23.1. The summed E-state index contributed by atoms with van der Waals surface area (Å²) in [6.07, 6.45) is 7.23. The minimum Gasteiger partial charge on any atom is -0.349 e. The first kappa shape index (κ1) is 17.4. The van der Waals surface area contributed by atoms with E-state index < -0.39 is 0 Å². The molecule has 1 aliphatic carbocycles. The second kappa shape index (κ2) is 6.74. The molecule has 1 saturated carbocycles. The molecule has 1 amide bonds. The molecule has 6 heteroatoms. The van der Waals surface area contributed by atoms with Crippen LogP contribution in [0.5, 0.6) is 0 Å². The molecule has 3 aliphatic rings. The molecule has 2 aliphatic heterocycles. The third kappa shape index (κ3) is 3.34. The molecular weight excluding hydrogens is 356 g/mol. The maximum atomic E-state index is 12.5. The fourth-order valence-corrected chi connectivity index (χ4v) is 6.17. The summed E-state index contributed by atoms with van der Waals surface area (Å²) in [5.41, 5.74) is 2.34. The highest BCUT2D eigenvalue weighted by Gasteiger charge is 2.43. The van der Waals surface area contributed by atoms with Crippen molar-refractivity contribution in [3.63, 3.8) is 0 Å². The van der Waals surface area contributed by atoms with Crippen molar-refractivity contribution in [1.29, 1.82) is 0 Å². The van der Waals surface area contributed by atoms with Gasteiger partial charge in [-0.3, -0.25) is 4.79 Å². The van der Waals surface area contributed by atoms with Gasteiger partial charge in [0.25, 0.3) is 5.91 Å². The van der Waals surface area contributed by atoms with E-state index in [2.05, 4.69) is 22.2 Å². The molecule has 0 radical (unpaired) electrons. The fourth-order valence-electron chi connectivity index (χ4n) is 5.12. The zero-order chi connectivity index (χ0) is 18.4. The van der Waals surface area contributed by atoms with E-state index in [4.69, 9.17) is 4.98 Å². The third-order valence-corrected chi connectivity index (χ3v) is 7.71. The molecule has 0 atom stereocenters. The molecule has 5 rings (SSSR count). The summed E-state index contributed by atoms with van der Waals surface area (Å²) in [4.78, 5) is 22.3. The van der Waals surface area contributed by atoms with E-state index >= 15 is 0 Å². The summed E-state index contributed by atoms with van der Waals surface area (Å²) in [6.45, 7) is 4.70. The van der Waals surface area contributed by atoms with Crippen LogP contribution in [-0.2, 0) is 0 Å². The number of carbonyl (C=O) groups excluding carboxylic acids is 1. The monoisotopic (exact) mass is 384 g/mol. The molecule has 1 aromatic heterocycles. The predicted octanol–water partition coefficient (Wildman–Crippen LogP) is 3.50. The number of nitrogens with zero attached hydrogens (tertiary/aromatic N) is 3. The van der Waals surface area contributed by atoms with Crippen molar-refractivity contribution in [3.05, 3.63) is 23.8 Å². The Labute approximate surface area is 164 Å². The number of rotatable bonds is 3. The van der Waals surface area contributed by atoms with Gasteiger partial charge in [-0.1, -0.05) is 24.2 Å². The number of hydrogen-bond donors (Lipinski definition) is 1. The van der Waals surface area contributed by atoms with E-state index in [0.717, 1.165) is 46.8 Å². The van der Waals surface area contributed by atoms with Crippen LogP contribution < -0.4 is 10.2 Å². The highest BCUT2D eigenvalue weighted by atomic mass is 32.1. The zero-order valence-electron chi connectivity index (χ0n) is 16.0. The third-order valence-electron chi connectivity index (χ3n) is 6.64. The highest BCUT2D eigenvalue weighted by Crippen LogP contribution is 2.41. The second-order valence-corrected chi connectivity index (χ2v) is 9.80. The van der Waals surface area contributed by atoms with Crippen molar-refractivity contribution in [3.8, 4) is 0 Å². The Hall–Kier alpha value is -1.66. The van der Waals surface area contributed by atoms with Crippen LogP contribution in [0.25, 0.3) is 10.2 Å². The summed E-state index contributed by atoms with van der Waals surface area (Å²) < 4.78 is 1.12. The number of piperidine rings is 1. The molecule has 2 saturated heterocycles. The van der Waals surface area contributed by atoms with Crippen LogP contribution in [0.15, 0.2) is 18.2 Å². The molecule has 0 unspecified atom stereocenters. The first-order valence-electron chi connectivity index (χ1n) is 10.3. The zero-order valence-corrected chi connectivity index (χ0v) is 16.9. The van der Waals surface area contributed by atoms with E-state index in [1.807, 2.05) is 18.2 Å². The number of nitrogens with one attached hydrogen (secondary N) is 1. The fraction of sp³-hybridized carbons (Fsp3) is 0.619. The van der Waals surface area contributed by atoms with Crippen LogP contribution in [0.3, 0.4) is 0 Å². The Bertz CT molecular complexity index is 841. The van der Waals surface area contributed by atoms with Crippen LogP contribution in [0.1, 0.15) is 48.9 Å². The van der Waals surface area contributed by atoms with Gasteiger partial charge in [0.15, 0.2) is 5.13 Å². The molecule has 1 aromatic carbocycles. The smallest absolute Gasteiger partial charge is 0.251 e. The number of thiazole rings is 1. The van der Waals surface area contributed by atoms with Crippen molar-refractivity contribution in [2.75, 3.05) is 38.1 Å². The quantitative estimate of drug-likeness (QED) is 0.880. The van der Waals surface area contributed by atoms with E-state index in [1.165, 1.54) is 38.8 Å². The molecule has 27 heavy (non-hydrogen) atoms. The lowest BCUT2D eigenvalue weighted by atomic mass is 9.72. The summed E-state index contributed by atoms with van der Waals surface area (Å²) in [6, 6.07) is 6.31. The van der Waals surface area contributed by atoms with Crippen LogP contribution in [0.2, 0.25) is 0 Å². The molecule has 144 valence electrons. The van der Waals surface area contributed by atoms with Gasteiger partial charge in [-0.15, -0.1) is 0 Å². The largest absolute Gasteiger partial charge is 0.349 e. The number of carbonyl (C=O) groups is 1. The van der Waals surface area contributed by atoms with Gasteiger partial charge in [0.2, 0.25) is 0 Å². The average molecular weight is 385 g/mol. The van der Waals surface area contributed by atoms with Crippen molar-refractivity contribution >= 4 is 32.6 Å². The van der Waals surface area contributed by atoms with Gasteiger partial charge in [0.05, 0.1) is 10.2 Å². The standard InChI is InChI=1S/C21H28N4OS/c1-24-13-21(14-24)8-10-25(11-9-21)20-23-17-7-6-15(12-18(17)27-20)19(26)22-16-4-2-3-5-16/h6-7,12,16H,2-5,8-11,13-14H2,1H3,(H,22,26). The molecule has 1 N–H and O–H groups in total. The lowest BCUT2D eigenvalue weighted by molar-refractivity contribution is 0.00132. The Balaban J connectivity index is 1.28. The number of likely N-dealkylation sites (tertiary alicyclic amines) is 1. The number of anilines is 1. The Morgan fingerprint density at radius 1 is 1.22 bits per heavy atom. The molecule has 5 nitrogen and oxygen atoms in total. The minimum absolute atomic E-state index is 0.0627. The van der Waals surface area contributed by atoms with Crippen molar-refractivity contribution in [2.24, 2.45) is 5.41 Å². The molecule has 1 spiro atoms. The number of aromatic nitrogens is 1. The van der Waals surface area contributed by atoms with Gasteiger partial charge in [0, 0.05) is 37.8 Å².